The van der Waals surface area contributed by atoms with Crippen molar-refractivity contribution >= 4 is 30.1 Å². The zero-order chi connectivity index (χ0) is 11.6. The first-order valence-electron chi connectivity index (χ1n) is 6.25. The van der Waals surface area contributed by atoms with Gasteiger partial charge in [0.05, 0.1) is 5.54 Å². The van der Waals surface area contributed by atoms with Gasteiger partial charge in [-0.2, -0.15) is 11.8 Å². The summed E-state index contributed by atoms with van der Waals surface area (Å²) in [5.41, 5.74) is 5.54. The fourth-order valence-electron chi connectivity index (χ4n) is 2.65. The maximum atomic E-state index is 12.0. The first kappa shape index (κ1) is 15.1. The van der Waals surface area contributed by atoms with Crippen LogP contribution in [0.25, 0.3) is 0 Å². The van der Waals surface area contributed by atoms with E-state index in [9.17, 15) is 4.79 Å². The highest BCUT2D eigenvalue weighted by molar-refractivity contribution is 8.00. The van der Waals surface area contributed by atoms with Gasteiger partial charge in [-0.1, -0.05) is 12.8 Å². The number of nitrogens with one attached hydrogen (secondary N) is 1. The standard InChI is InChI=1S/C12H22N2OS.ClH/c1-11(5-4-8-16-11)9-14-10(15)12(13)6-2-3-7-12;/h2-9,13H2,1H3,(H,14,15);1H. The molecule has 100 valence electrons. The van der Waals surface area contributed by atoms with Crippen LogP contribution in [0.15, 0.2) is 0 Å². The quantitative estimate of drug-likeness (QED) is 0.831. The minimum atomic E-state index is -0.570. The van der Waals surface area contributed by atoms with Gasteiger partial charge < -0.3 is 11.1 Å². The highest BCUT2D eigenvalue weighted by Gasteiger charge is 2.38. The van der Waals surface area contributed by atoms with Crippen LogP contribution >= 0.6 is 24.2 Å². The van der Waals surface area contributed by atoms with Crippen LogP contribution in [-0.2, 0) is 4.79 Å². The lowest BCUT2D eigenvalue weighted by atomic mass is 9.97. The maximum absolute atomic E-state index is 12.0. The summed E-state index contributed by atoms with van der Waals surface area (Å²) >= 11 is 1.97. The van der Waals surface area contributed by atoms with E-state index >= 15 is 0 Å². The summed E-state index contributed by atoms with van der Waals surface area (Å²) in [4.78, 5) is 12.0. The van der Waals surface area contributed by atoms with Gasteiger partial charge in [-0.3, -0.25) is 4.79 Å². The minimum absolute atomic E-state index is 0. The van der Waals surface area contributed by atoms with E-state index in [1.165, 1.54) is 18.6 Å². The molecule has 1 amide bonds. The molecule has 1 unspecified atom stereocenters. The average molecular weight is 279 g/mol. The van der Waals surface area contributed by atoms with Crippen LogP contribution in [0.5, 0.6) is 0 Å². The van der Waals surface area contributed by atoms with Crippen molar-refractivity contribution in [3.63, 3.8) is 0 Å². The van der Waals surface area contributed by atoms with E-state index in [2.05, 4.69) is 12.2 Å². The molecule has 0 aromatic carbocycles. The Bertz CT molecular complexity index is 274. The molecule has 17 heavy (non-hydrogen) atoms. The van der Waals surface area contributed by atoms with Gasteiger partial charge in [0.25, 0.3) is 0 Å². The largest absolute Gasteiger partial charge is 0.353 e. The SMILES string of the molecule is CC1(CNC(=O)C2(N)CCCC2)CCCS1.Cl. The molecule has 3 N–H and O–H groups in total. The number of carbonyl (C=O) groups excluding carboxylic acids is 1. The van der Waals surface area contributed by atoms with Gasteiger partial charge in [-0.15, -0.1) is 12.4 Å². The van der Waals surface area contributed by atoms with Gasteiger partial charge in [0.2, 0.25) is 5.91 Å². The maximum Gasteiger partial charge on any atom is 0.240 e. The molecule has 1 heterocycles. The molecule has 0 spiro atoms. The molecular weight excluding hydrogens is 256 g/mol. The Labute approximate surface area is 114 Å². The minimum Gasteiger partial charge on any atom is -0.353 e. The summed E-state index contributed by atoms with van der Waals surface area (Å²) in [6, 6.07) is 0. The van der Waals surface area contributed by atoms with Gasteiger partial charge in [0.15, 0.2) is 0 Å². The smallest absolute Gasteiger partial charge is 0.240 e. The van der Waals surface area contributed by atoms with Crippen LogP contribution < -0.4 is 11.1 Å². The second kappa shape index (κ2) is 5.81. The molecule has 2 fully saturated rings. The van der Waals surface area contributed by atoms with E-state index in [1.807, 2.05) is 11.8 Å². The third kappa shape index (κ3) is 3.52. The topological polar surface area (TPSA) is 55.1 Å². The second-order valence-corrected chi connectivity index (χ2v) is 7.13. The molecule has 3 nitrogen and oxygen atoms in total. The number of hydrogen-bond donors (Lipinski definition) is 2. The molecular formula is C12H23ClN2OS. The van der Waals surface area contributed by atoms with Crippen molar-refractivity contribution < 1.29 is 4.79 Å². The van der Waals surface area contributed by atoms with Gasteiger partial charge in [-0.25, -0.2) is 0 Å². The van der Waals surface area contributed by atoms with Gasteiger partial charge >= 0.3 is 0 Å². The van der Waals surface area contributed by atoms with Gasteiger partial charge in [-0.05, 0) is 38.4 Å². The number of carbonyl (C=O) groups is 1. The highest BCUT2D eigenvalue weighted by Crippen LogP contribution is 2.37. The molecule has 2 aliphatic rings. The Hall–Kier alpha value is 0.0700. The Morgan fingerprint density at radius 1 is 1.29 bits per heavy atom. The zero-order valence-electron chi connectivity index (χ0n) is 10.5. The summed E-state index contributed by atoms with van der Waals surface area (Å²) in [7, 11) is 0. The normalized spacial score (nSPS) is 30.9. The number of hydrogen-bond acceptors (Lipinski definition) is 3. The lowest BCUT2D eigenvalue weighted by Gasteiger charge is -2.27. The molecule has 1 aliphatic carbocycles. The van der Waals surface area contributed by atoms with Crippen molar-refractivity contribution in [2.45, 2.75) is 55.7 Å². The third-order valence-electron chi connectivity index (χ3n) is 3.87. The predicted molar refractivity (Wildman–Crippen MR) is 75.7 cm³/mol. The highest BCUT2D eigenvalue weighted by atomic mass is 35.5. The summed E-state index contributed by atoms with van der Waals surface area (Å²) < 4.78 is 0.241. The summed E-state index contributed by atoms with van der Waals surface area (Å²) in [5, 5.41) is 3.06. The monoisotopic (exact) mass is 278 g/mol. The molecule has 5 heteroatoms. The summed E-state index contributed by atoms with van der Waals surface area (Å²) in [5.74, 6) is 1.29. The molecule has 0 bridgehead atoms. The molecule has 1 aliphatic heterocycles. The Morgan fingerprint density at radius 3 is 2.47 bits per heavy atom. The van der Waals surface area contributed by atoms with E-state index in [4.69, 9.17) is 5.73 Å². The lowest BCUT2D eigenvalue weighted by Crippen LogP contribution is -2.54. The van der Waals surface area contributed by atoms with E-state index in [-0.39, 0.29) is 23.1 Å². The van der Waals surface area contributed by atoms with Crippen LogP contribution in [0.3, 0.4) is 0 Å². The average Bonchev–Trinajstić information content (AvgIpc) is 2.86. The number of rotatable bonds is 3. The number of thioether (sulfide) groups is 1. The Morgan fingerprint density at radius 2 is 1.94 bits per heavy atom. The molecule has 0 aromatic rings. The third-order valence-corrected chi connectivity index (χ3v) is 5.41. The van der Waals surface area contributed by atoms with E-state index in [0.717, 1.165) is 32.2 Å². The Kier molecular flexibility index (Phi) is 5.17. The number of amides is 1. The van der Waals surface area contributed by atoms with E-state index < -0.39 is 5.54 Å². The Balaban J connectivity index is 0.00000144. The van der Waals surface area contributed by atoms with Crippen LogP contribution in [-0.4, -0.2) is 28.5 Å². The zero-order valence-corrected chi connectivity index (χ0v) is 12.1. The lowest BCUT2D eigenvalue weighted by molar-refractivity contribution is -0.126. The molecule has 1 saturated heterocycles. The van der Waals surface area contributed by atoms with Crippen molar-refractivity contribution in [2.75, 3.05) is 12.3 Å². The van der Waals surface area contributed by atoms with Crippen molar-refractivity contribution in [3.8, 4) is 0 Å². The first-order chi connectivity index (χ1) is 7.54. The van der Waals surface area contributed by atoms with Gasteiger partial charge in [0.1, 0.15) is 0 Å². The molecule has 0 aromatic heterocycles. The van der Waals surface area contributed by atoms with Crippen molar-refractivity contribution in [2.24, 2.45) is 5.73 Å². The molecule has 1 atom stereocenters. The van der Waals surface area contributed by atoms with Crippen molar-refractivity contribution in [1.82, 2.24) is 5.32 Å². The van der Waals surface area contributed by atoms with Gasteiger partial charge in [0, 0.05) is 11.3 Å². The van der Waals surface area contributed by atoms with Crippen LogP contribution in [0.2, 0.25) is 0 Å². The first-order valence-corrected chi connectivity index (χ1v) is 7.24. The fraction of sp³-hybridized carbons (Fsp3) is 0.917. The second-order valence-electron chi connectivity index (χ2n) is 5.45. The predicted octanol–water partition coefficient (Wildman–Crippen LogP) is 2.08. The van der Waals surface area contributed by atoms with Crippen molar-refractivity contribution in [1.29, 1.82) is 0 Å². The van der Waals surface area contributed by atoms with E-state index in [0.29, 0.717) is 0 Å². The summed E-state index contributed by atoms with van der Waals surface area (Å²) in [6.07, 6.45) is 6.36. The number of nitrogens with two attached hydrogens (primary N) is 1. The van der Waals surface area contributed by atoms with Crippen LogP contribution in [0.4, 0.5) is 0 Å². The van der Waals surface area contributed by atoms with Crippen LogP contribution in [0, 0.1) is 0 Å². The fourth-order valence-corrected chi connectivity index (χ4v) is 3.90. The molecule has 1 saturated carbocycles. The molecule has 0 radical (unpaired) electrons. The molecule has 2 rings (SSSR count). The summed E-state index contributed by atoms with van der Waals surface area (Å²) in [6.45, 7) is 3.01. The van der Waals surface area contributed by atoms with Crippen molar-refractivity contribution in [3.05, 3.63) is 0 Å². The number of halogens is 1. The van der Waals surface area contributed by atoms with Crippen LogP contribution in [0.1, 0.15) is 45.4 Å². The van der Waals surface area contributed by atoms with E-state index in [1.54, 1.807) is 0 Å².